The van der Waals surface area contributed by atoms with Crippen LogP contribution in [0.5, 0.6) is 0 Å². The van der Waals surface area contributed by atoms with Crippen LogP contribution in [0.25, 0.3) is 0 Å². The van der Waals surface area contributed by atoms with Crippen molar-refractivity contribution in [2.45, 2.75) is 19.8 Å². The highest BCUT2D eigenvalue weighted by Crippen LogP contribution is 2.29. The molecule has 0 amide bonds. The predicted octanol–water partition coefficient (Wildman–Crippen LogP) is 3.18. The van der Waals surface area contributed by atoms with Gasteiger partial charge in [-0.05, 0) is 37.1 Å². The summed E-state index contributed by atoms with van der Waals surface area (Å²) < 4.78 is 0. The number of rotatable bonds is 2. The van der Waals surface area contributed by atoms with Crippen molar-refractivity contribution in [1.82, 2.24) is 0 Å². The predicted molar refractivity (Wildman–Crippen MR) is 68.8 cm³/mol. The zero-order valence-electron chi connectivity index (χ0n) is 9.36. The molecule has 0 aliphatic heterocycles. The molecule has 0 radical (unpaired) electrons. The summed E-state index contributed by atoms with van der Waals surface area (Å²) in [5.74, 6) is 0.636. The van der Waals surface area contributed by atoms with Crippen LogP contribution in [0.3, 0.4) is 0 Å². The lowest BCUT2D eigenvalue weighted by Crippen LogP contribution is -2.11. The van der Waals surface area contributed by atoms with E-state index in [4.69, 9.17) is 0 Å². The first-order chi connectivity index (χ1) is 7.35. The summed E-state index contributed by atoms with van der Waals surface area (Å²) >= 11 is 1.81. The minimum absolute atomic E-state index is 0.636. The molecule has 0 N–H and O–H groups in total. The highest BCUT2D eigenvalue weighted by Gasteiger charge is 2.24. The van der Waals surface area contributed by atoms with Crippen LogP contribution < -0.4 is 0 Å². The maximum absolute atomic E-state index is 4.59. The number of hydrogen-bond donors (Lipinski definition) is 0. The summed E-state index contributed by atoms with van der Waals surface area (Å²) in [6.45, 7) is 3.02. The van der Waals surface area contributed by atoms with E-state index >= 15 is 0 Å². The second-order valence-corrected chi connectivity index (χ2v) is 4.72. The molecule has 80 valence electrons. The molecule has 1 aromatic carbocycles. The largest absolute Gasteiger partial charge is 0.283 e. The van der Waals surface area contributed by atoms with Crippen molar-refractivity contribution in [2.75, 3.05) is 12.8 Å². The van der Waals surface area contributed by atoms with Crippen LogP contribution in [0.4, 0.5) is 0 Å². The van der Waals surface area contributed by atoms with Crippen LogP contribution in [0.1, 0.15) is 18.1 Å². The molecule has 1 aromatic rings. The number of nitrogens with zero attached hydrogens (tertiary/aromatic N) is 1. The second-order valence-electron chi connectivity index (χ2n) is 3.89. The van der Waals surface area contributed by atoms with Gasteiger partial charge in [0.15, 0.2) is 0 Å². The van der Waals surface area contributed by atoms with Crippen LogP contribution in [-0.4, -0.2) is 17.8 Å². The molecule has 0 saturated carbocycles. The molecular weight excluding hydrogens is 202 g/mol. The smallest absolute Gasteiger partial charge is 0.0710 e. The third kappa shape index (κ3) is 2.25. The Hall–Kier alpha value is -0.760. The first kappa shape index (κ1) is 10.7. The fraction of sp³-hybridized carbons (Fsp3) is 0.462. The quantitative estimate of drug-likeness (QED) is 0.549. The van der Waals surface area contributed by atoms with Gasteiger partial charge >= 0.3 is 0 Å². The van der Waals surface area contributed by atoms with E-state index in [1.165, 1.54) is 29.0 Å². The van der Waals surface area contributed by atoms with Gasteiger partial charge < -0.3 is 0 Å². The summed E-state index contributed by atoms with van der Waals surface area (Å²) in [6, 6.07) is 8.77. The molecule has 0 spiro atoms. The molecular formula is C13H17NS. The summed E-state index contributed by atoms with van der Waals surface area (Å²) in [5.41, 5.74) is 3.03. The Morgan fingerprint density at radius 2 is 1.93 bits per heavy atom. The molecule has 0 saturated heterocycles. The van der Waals surface area contributed by atoms with Crippen molar-refractivity contribution in [3.8, 4) is 0 Å². The topological polar surface area (TPSA) is 12.4 Å². The highest BCUT2D eigenvalue weighted by molar-refractivity contribution is 8.13. The van der Waals surface area contributed by atoms with E-state index in [-0.39, 0.29) is 0 Å². The monoisotopic (exact) mass is 219 g/mol. The number of fused-ring (bicyclic) bond motifs is 1. The minimum atomic E-state index is 0.636. The van der Waals surface area contributed by atoms with Crippen molar-refractivity contribution >= 4 is 16.8 Å². The van der Waals surface area contributed by atoms with Crippen molar-refractivity contribution in [3.05, 3.63) is 35.4 Å². The van der Waals surface area contributed by atoms with Crippen LogP contribution in [0, 0.1) is 5.92 Å². The van der Waals surface area contributed by atoms with Crippen LogP contribution in [0.15, 0.2) is 29.3 Å². The van der Waals surface area contributed by atoms with Gasteiger partial charge in [0, 0.05) is 12.5 Å². The molecule has 0 atom stereocenters. The van der Waals surface area contributed by atoms with Crippen molar-refractivity contribution in [2.24, 2.45) is 10.9 Å². The number of aliphatic imine (C=N–C) groups is 1. The van der Waals surface area contributed by atoms with Gasteiger partial charge in [0.2, 0.25) is 0 Å². The van der Waals surface area contributed by atoms with Crippen LogP contribution in [-0.2, 0) is 12.8 Å². The average molecular weight is 219 g/mol. The van der Waals surface area contributed by atoms with Crippen LogP contribution >= 0.6 is 11.8 Å². The van der Waals surface area contributed by atoms with E-state index in [0.29, 0.717) is 5.92 Å². The molecule has 1 aliphatic rings. The lowest BCUT2D eigenvalue weighted by molar-refractivity contribution is 0.756. The molecule has 1 aliphatic carbocycles. The number of hydrogen-bond acceptors (Lipinski definition) is 2. The molecule has 15 heavy (non-hydrogen) atoms. The Balaban J connectivity index is 2.15. The summed E-state index contributed by atoms with van der Waals surface area (Å²) in [4.78, 5) is 4.59. The second kappa shape index (κ2) is 4.84. The maximum atomic E-state index is 4.59. The molecule has 0 heterocycles. The molecule has 0 aromatic heterocycles. The first-order valence-electron chi connectivity index (χ1n) is 5.50. The van der Waals surface area contributed by atoms with E-state index in [2.05, 4.69) is 42.4 Å². The zero-order chi connectivity index (χ0) is 10.7. The van der Waals surface area contributed by atoms with Gasteiger partial charge in [-0.2, -0.15) is 0 Å². The zero-order valence-corrected chi connectivity index (χ0v) is 10.2. The van der Waals surface area contributed by atoms with Crippen molar-refractivity contribution < 1.29 is 0 Å². The first-order valence-corrected chi connectivity index (χ1v) is 6.72. The highest BCUT2D eigenvalue weighted by atomic mass is 32.2. The average Bonchev–Trinajstić information content (AvgIpc) is 2.69. The van der Waals surface area contributed by atoms with Gasteiger partial charge in [-0.15, -0.1) is 11.8 Å². The van der Waals surface area contributed by atoms with Gasteiger partial charge in [0.25, 0.3) is 0 Å². The van der Waals surface area contributed by atoms with Gasteiger partial charge in [0.05, 0.1) is 5.04 Å². The third-order valence-electron chi connectivity index (χ3n) is 2.92. The minimum Gasteiger partial charge on any atom is -0.283 e. The van der Waals surface area contributed by atoms with Gasteiger partial charge in [0.1, 0.15) is 0 Å². The van der Waals surface area contributed by atoms with E-state index in [0.717, 1.165) is 6.54 Å². The Morgan fingerprint density at radius 1 is 1.33 bits per heavy atom. The Labute approximate surface area is 96.0 Å². The molecule has 0 unspecified atom stereocenters. The standard InChI is InChI=1S/C13H17NS/c1-3-14-13(15-2)12-8-10-6-4-5-7-11(10)9-12/h4-7,12H,3,8-9H2,1-2H3/b14-13-. The summed E-state index contributed by atoms with van der Waals surface area (Å²) in [7, 11) is 0. The third-order valence-corrected chi connectivity index (χ3v) is 3.80. The molecule has 1 nitrogen and oxygen atoms in total. The molecule has 0 bridgehead atoms. The molecule has 0 fully saturated rings. The van der Waals surface area contributed by atoms with E-state index in [1.54, 1.807) is 0 Å². The Morgan fingerprint density at radius 3 is 2.40 bits per heavy atom. The summed E-state index contributed by atoms with van der Waals surface area (Å²) in [5, 5.41) is 1.33. The fourth-order valence-corrected chi connectivity index (χ4v) is 3.01. The SMILES string of the molecule is CC/N=C(\SC)C1Cc2ccccc2C1. The number of benzene rings is 1. The molecule has 2 heteroatoms. The Bertz CT molecular complexity index is 346. The van der Waals surface area contributed by atoms with E-state index < -0.39 is 0 Å². The van der Waals surface area contributed by atoms with E-state index in [9.17, 15) is 0 Å². The van der Waals surface area contributed by atoms with Gasteiger partial charge in [-0.1, -0.05) is 24.3 Å². The van der Waals surface area contributed by atoms with Crippen molar-refractivity contribution in [3.63, 3.8) is 0 Å². The van der Waals surface area contributed by atoms with Crippen LogP contribution in [0.2, 0.25) is 0 Å². The normalized spacial score (nSPS) is 16.8. The van der Waals surface area contributed by atoms with Crippen molar-refractivity contribution in [1.29, 1.82) is 0 Å². The maximum Gasteiger partial charge on any atom is 0.0710 e. The Kier molecular flexibility index (Phi) is 3.47. The number of thioether (sulfide) groups is 1. The lowest BCUT2D eigenvalue weighted by Gasteiger charge is -2.10. The van der Waals surface area contributed by atoms with Gasteiger partial charge in [-0.3, -0.25) is 4.99 Å². The lowest BCUT2D eigenvalue weighted by atomic mass is 10.1. The fourth-order valence-electron chi connectivity index (χ4n) is 2.25. The van der Waals surface area contributed by atoms with Gasteiger partial charge in [-0.25, -0.2) is 0 Å². The van der Waals surface area contributed by atoms with E-state index in [1.807, 2.05) is 11.8 Å². The molecule has 2 rings (SSSR count). The summed E-state index contributed by atoms with van der Waals surface area (Å²) in [6.07, 6.45) is 4.49.